The molecular formula is C7H4ClF2NO2. The van der Waals surface area contributed by atoms with Crippen molar-refractivity contribution in [2.75, 3.05) is 0 Å². The molecule has 0 saturated heterocycles. The molecule has 0 fully saturated rings. The van der Waals surface area contributed by atoms with E-state index >= 15 is 0 Å². The summed E-state index contributed by atoms with van der Waals surface area (Å²) in [4.78, 5) is 23.5. The lowest BCUT2D eigenvalue weighted by Crippen LogP contribution is -2.15. The van der Waals surface area contributed by atoms with Crippen LogP contribution < -0.4 is 5.43 Å². The highest BCUT2D eigenvalue weighted by Gasteiger charge is 2.16. The number of pyridine rings is 1. The Hall–Kier alpha value is -1.23. The monoisotopic (exact) mass is 207 g/mol. The Bertz CT molecular complexity index is 389. The largest absolute Gasteiger partial charge is 0.351 e. The van der Waals surface area contributed by atoms with E-state index in [1.807, 2.05) is 0 Å². The van der Waals surface area contributed by atoms with Gasteiger partial charge in [-0.05, 0) is 0 Å². The van der Waals surface area contributed by atoms with Gasteiger partial charge in [0.2, 0.25) is 5.43 Å². The lowest BCUT2D eigenvalue weighted by atomic mass is 10.2. The summed E-state index contributed by atoms with van der Waals surface area (Å²) in [7, 11) is 0. The third-order valence-corrected chi connectivity index (χ3v) is 1.76. The number of hydrogen-bond donors (Lipinski definition) is 1. The molecule has 0 aliphatic rings. The fourth-order valence-electron chi connectivity index (χ4n) is 0.807. The van der Waals surface area contributed by atoms with Crippen molar-refractivity contribution in [3.05, 3.63) is 32.7 Å². The zero-order chi connectivity index (χ0) is 10.0. The number of hydrogen-bond acceptors (Lipinski definition) is 2. The minimum absolute atomic E-state index is 0.146. The summed E-state index contributed by atoms with van der Waals surface area (Å²) < 4.78 is 24.2. The summed E-state index contributed by atoms with van der Waals surface area (Å²) >= 11 is 5.37. The molecule has 6 heteroatoms. The smallest absolute Gasteiger partial charge is 0.269 e. The molecule has 1 N–H and O–H groups in total. The van der Waals surface area contributed by atoms with Crippen molar-refractivity contribution in [3.63, 3.8) is 0 Å². The fraction of sp³-hybridized carbons (Fsp3) is 0.143. The number of alkyl halides is 2. The first-order valence-electron chi connectivity index (χ1n) is 3.22. The maximum Gasteiger partial charge on any atom is 0.269 e. The van der Waals surface area contributed by atoms with E-state index in [0.29, 0.717) is 0 Å². The second-order valence-corrected chi connectivity index (χ2v) is 2.60. The molecule has 0 saturated carbocycles. The summed E-state index contributed by atoms with van der Waals surface area (Å²) in [5.74, 6) is 0. The zero-order valence-corrected chi connectivity index (χ0v) is 6.94. The Morgan fingerprint density at radius 3 is 2.62 bits per heavy atom. The first-order chi connectivity index (χ1) is 6.07. The molecule has 1 aromatic rings. The highest BCUT2D eigenvalue weighted by Crippen LogP contribution is 2.16. The molecule has 3 nitrogen and oxygen atoms in total. The van der Waals surface area contributed by atoms with Crippen molar-refractivity contribution in [1.29, 1.82) is 0 Å². The van der Waals surface area contributed by atoms with Crippen LogP contribution in [0.5, 0.6) is 0 Å². The highest BCUT2D eigenvalue weighted by atomic mass is 35.5. The van der Waals surface area contributed by atoms with Gasteiger partial charge in [0.05, 0.1) is 11.1 Å². The molecule has 0 aliphatic heterocycles. The van der Waals surface area contributed by atoms with Crippen LogP contribution in [0.3, 0.4) is 0 Å². The van der Waals surface area contributed by atoms with Gasteiger partial charge in [-0.1, -0.05) is 11.6 Å². The van der Waals surface area contributed by atoms with Crippen LogP contribution in [-0.4, -0.2) is 11.3 Å². The van der Waals surface area contributed by atoms with Gasteiger partial charge in [0.25, 0.3) is 6.43 Å². The average molecular weight is 208 g/mol. The Morgan fingerprint density at radius 1 is 1.54 bits per heavy atom. The lowest BCUT2D eigenvalue weighted by molar-refractivity contribution is 0.112. The Balaban J connectivity index is 3.45. The number of nitrogens with one attached hydrogen (secondary N) is 1. The van der Waals surface area contributed by atoms with Crippen LogP contribution in [0.1, 0.15) is 22.3 Å². The van der Waals surface area contributed by atoms with E-state index in [1.165, 1.54) is 0 Å². The number of halogens is 3. The summed E-state index contributed by atoms with van der Waals surface area (Å²) in [6.07, 6.45) is -1.98. The van der Waals surface area contributed by atoms with E-state index in [1.54, 1.807) is 0 Å². The van der Waals surface area contributed by atoms with Crippen molar-refractivity contribution >= 4 is 17.9 Å². The van der Waals surface area contributed by atoms with Crippen molar-refractivity contribution in [2.24, 2.45) is 0 Å². The summed E-state index contributed by atoms with van der Waals surface area (Å²) in [6.45, 7) is 0. The average Bonchev–Trinajstić information content (AvgIpc) is 2.04. The van der Waals surface area contributed by atoms with Gasteiger partial charge in [0, 0.05) is 6.20 Å². The molecule has 70 valence electrons. The summed E-state index contributed by atoms with van der Waals surface area (Å²) in [6, 6.07) is 0. The Kier molecular flexibility index (Phi) is 2.77. The zero-order valence-electron chi connectivity index (χ0n) is 6.18. The Morgan fingerprint density at radius 2 is 2.15 bits per heavy atom. The second kappa shape index (κ2) is 3.66. The number of H-pyrrole nitrogens is 1. The third kappa shape index (κ3) is 1.75. The molecule has 0 atom stereocenters. The van der Waals surface area contributed by atoms with Crippen LogP contribution >= 0.6 is 11.6 Å². The molecule has 0 spiro atoms. The number of aromatic amines is 1. The van der Waals surface area contributed by atoms with Crippen molar-refractivity contribution in [1.82, 2.24) is 4.98 Å². The van der Waals surface area contributed by atoms with Gasteiger partial charge in [-0.3, -0.25) is 9.59 Å². The standard InChI is InChI=1S/C7H4ClF2NO2/c8-6-4(2-12)5(13)3(1-11-6)7(9)10/h1-2,7H,(H,11,13). The maximum atomic E-state index is 12.1. The number of rotatable bonds is 2. The fourth-order valence-corrected chi connectivity index (χ4v) is 0.992. The molecule has 1 heterocycles. The molecule has 0 bridgehead atoms. The number of carbonyl (C=O) groups excluding carboxylic acids is 1. The Labute approximate surface area is 76.3 Å². The van der Waals surface area contributed by atoms with E-state index in [9.17, 15) is 18.4 Å². The molecule has 1 rings (SSSR count). The lowest BCUT2D eigenvalue weighted by Gasteiger charge is -2.00. The molecule has 0 radical (unpaired) electrons. The van der Waals surface area contributed by atoms with Gasteiger partial charge < -0.3 is 4.98 Å². The van der Waals surface area contributed by atoms with Crippen LogP contribution in [0.15, 0.2) is 11.0 Å². The van der Waals surface area contributed by atoms with E-state index in [-0.39, 0.29) is 11.4 Å². The molecule has 0 aromatic carbocycles. The minimum Gasteiger partial charge on any atom is -0.351 e. The maximum absolute atomic E-state index is 12.1. The topological polar surface area (TPSA) is 49.9 Å². The second-order valence-electron chi connectivity index (χ2n) is 2.22. The van der Waals surface area contributed by atoms with Crippen LogP contribution in [0.25, 0.3) is 0 Å². The first kappa shape index (κ1) is 9.85. The molecule has 0 unspecified atom stereocenters. The first-order valence-corrected chi connectivity index (χ1v) is 3.60. The molecule has 0 aliphatic carbocycles. The van der Waals surface area contributed by atoms with E-state index in [2.05, 4.69) is 4.98 Å². The quantitative estimate of drug-likeness (QED) is 0.594. The van der Waals surface area contributed by atoms with Gasteiger partial charge in [-0.25, -0.2) is 8.78 Å². The molecule has 13 heavy (non-hydrogen) atoms. The van der Waals surface area contributed by atoms with Crippen LogP contribution in [0.4, 0.5) is 8.78 Å². The summed E-state index contributed by atoms with van der Waals surface area (Å²) in [5, 5.41) is -0.232. The highest BCUT2D eigenvalue weighted by molar-refractivity contribution is 6.31. The van der Waals surface area contributed by atoms with E-state index in [4.69, 9.17) is 11.6 Å². The van der Waals surface area contributed by atoms with Gasteiger partial charge in [-0.15, -0.1) is 0 Å². The van der Waals surface area contributed by atoms with Gasteiger partial charge >= 0.3 is 0 Å². The van der Waals surface area contributed by atoms with Gasteiger partial charge in [0.1, 0.15) is 5.15 Å². The number of aromatic nitrogens is 1. The van der Waals surface area contributed by atoms with Crippen molar-refractivity contribution < 1.29 is 13.6 Å². The molecular weight excluding hydrogens is 204 g/mol. The van der Waals surface area contributed by atoms with Gasteiger partial charge in [0.15, 0.2) is 6.29 Å². The minimum atomic E-state index is -2.92. The van der Waals surface area contributed by atoms with Crippen LogP contribution in [0.2, 0.25) is 5.15 Å². The molecule has 0 amide bonds. The predicted octanol–water partition coefficient (Wildman–Crippen LogP) is 1.78. The number of carbonyl (C=O) groups is 1. The molecule has 1 aromatic heterocycles. The van der Waals surface area contributed by atoms with Crippen LogP contribution in [-0.2, 0) is 0 Å². The summed E-state index contributed by atoms with van der Waals surface area (Å²) in [5.41, 5.74) is -2.26. The van der Waals surface area contributed by atoms with Crippen molar-refractivity contribution in [2.45, 2.75) is 6.43 Å². The van der Waals surface area contributed by atoms with E-state index in [0.717, 1.165) is 6.20 Å². The number of aldehydes is 1. The van der Waals surface area contributed by atoms with Gasteiger partial charge in [-0.2, -0.15) is 0 Å². The van der Waals surface area contributed by atoms with Crippen LogP contribution in [0, 0.1) is 0 Å². The van der Waals surface area contributed by atoms with Crippen molar-refractivity contribution in [3.8, 4) is 0 Å². The van der Waals surface area contributed by atoms with E-state index < -0.39 is 23.0 Å². The SMILES string of the molecule is O=Cc1c(Cl)[nH]cc(C(F)F)c1=O. The third-order valence-electron chi connectivity index (χ3n) is 1.45. The normalized spacial score (nSPS) is 10.5. The predicted molar refractivity (Wildman–Crippen MR) is 42.4 cm³/mol.